The van der Waals surface area contributed by atoms with Crippen molar-refractivity contribution in [2.75, 3.05) is 6.54 Å². The number of hydrogen-bond acceptors (Lipinski definition) is 5. The molecule has 2 aromatic rings. The average molecular weight is 364 g/mol. The number of rotatable bonds is 4. The third-order valence-electron chi connectivity index (χ3n) is 4.20. The quantitative estimate of drug-likeness (QED) is 0.874. The van der Waals surface area contributed by atoms with Crippen LogP contribution in [0.2, 0.25) is 0 Å². The van der Waals surface area contributed by atoms with Crippen molar-refractivity contribution in [1.29, 1.82) is 0 Å². The van der Waals surface area contributed by atoms with Crippen LogP contribution in [0.15, 0.2) is 51.6 Å². The Morgan fingerprint density at radius 2 is 1.96 bits per heavy atom. The lowest BCUT2D eigenvalue weighted by Gasteiger charge is -2.30. The van der Waals surface area contributed by atoms with E-state index in [1.165, 1.54) is 6.07 Å². The van der Waals surface area contributed by atoms with Crippen molar-refractivity contribution in [1.82, 2.24) is 10.6 Å². The van der Waals surface area contributed by atoms with Crippen molar-refractivity contribution in [3.05, 3.63) is 47.3 Å². The van der Waals surface area contributed by atoms with Crippen LogP contribution in [0.1, 0.15) is 29.4 Å². The summed E-state index contributed by atoms with van der Waals surface area (Å²) in [7, 11) is -3.57. The molecular formula is C17H20N2O3S2. The molecule has 2 unspecified atom stereocenters. The molecule has 1 aliphatic heterocycles. The molecule has 7 heteroatoms. The Kier molecular flexibility index (Phi) is 5.03. The van der Waals surface area contributed by atoms with Crippen molar-refractivity contribution >= 4 is 27.1 Å². The predicted molar refractivity (Wildman–Crippen MR) is 94.2 cm³/mol. The Bertz CT molecular complexity index is 815. The van der Waals surface area contributed by atoms with Gasteiger partial charge in [-0.1, -0.05) is 18.2 Å². The summed E-state index contributed by atoms with van der Waals surface area (Å²) in [5.74, 6) is -0.213. The normalized spacial score (nSPS) is 21.4. The molecule has 0 radical (unpaired) electrons. The zero-order chi connectivity index (χ0) is 17.2. The van der Waals surface area contributed by atoms with Gasteiger partial charge in [-0.2, -0.15) is 0 Å². The van der Waals surface area contributed by atoms with Crippen LogP contribution in [-0.4, -0.2) is 33.0 Å². The van der Waals surface area contributed by atoms with Crippen LogP contribution >= 0.6 is 11.3 Å². The number of thiophene rings is 1. The average Bonchev–Trinajstić information content (AvgIpc) is 3.09. The number of carbonyl (C=O) groups excluding carboxylic acids is 1. The summed E-state index contributed by atoms with van der Waals surface area (Å²) < 4.78 is 25.3. The number of hydrogen-bond donors (Lipinski definition) is 2. The summed E-state index contributed by atoms with van der Waals surface area (Å²) in [5, 5.41) is 6.34. The number of sulfone groups is 1. The number of benzene rings is 1. The number of piperidine rings is 1. The van der Waals surface area contributed by atoms with E-state index in [-0.39, 0.29) is 27.1 Å². The van der Waals surface area contributed by atoms with Gasteiger partial charge in [0, 0.05) is 12.1 Å². The van der Waals surface area contributed by atoms with Gasteiger partial charge >= 0.3 is 0 Å². The molecule has 5 nitrogen and oxygen atoms in total. The molecule has 1 aromatic carbocycles. The molecule has 1 amide bonds. The van der Waals surface area contributed by atoms with Crippen LogP contribution in [0.5, 0.6) is 0 Å². The van der Waals surface area contributed by atoms with Crippen molar-refractivity contribution in [3.63, 3.8) is 0 Å². The zero-order valence-corrected chi connectivity index (χ0v) is 15.0. The van der Waals surface area contributed by atoms with Crippen molar-refractivity contribution in [3.8, 4) is 0 Å². The van der Waals surface area contributed by atoms with E-state index in [1.807, 2.05) is 6.92 Å². The van der Waals surface area contributed by atoms with Crippen molar-refractivity contribution in [2.45, 2.75) is 41.0 Å². The first-order valence-electron chi connectivity index (χ1n) is 7.93. The highest BCUT2D eigenvalue weighted by Crippen LogP contribution is 2.27. The van der Waals surface area contributed by atoms with Crippen molar-refractivity contribution < 1.29 is 13.2 Å². The van der Waals surface area contributed by atoms with E-state index in [4.69, 9.17) is 0 Å². The van der Waals surface area contributed by atoms with Gasteiger partial charge in [-0.05, 0) is 50.6 Å². The Morgan fingerprint density at radius 3 is 2.67 bits per heavy atom. The second-order valence-corrected chi connectivity index (χ2v) is 9.16. The smallest absolute Gasteiger partial charge is 0.261 e. The molecular weight excluding hydrogens is 344 g/mol. The van der Waals surface area contributed by atoms with E-state index >= 15 is 0 Å². The molecule has 2 heterocycles. The topological polar surface area (TPSA) is 75.3 Å². The SMILES string of the molecule is CC1NCCCC1NC(=O)c1ccc(S(=O)(=O)c2ccccc2)s1. The standard InChI is InChI=1S/C17H20N2O3S2/c1-12-14(8-5-11-18-12)19-17(20)15-9-10-16(23-15)24(21,22)13-6-3-2-4-7-13/h2-4,6-7,9-10,12,14,18H,5,8,11H2,1H3,(H,19,20). The largest absolute Gasteiger partial charge is 0.347 e. The lowest BCUT2D eigenvalue weighted by atomic mass is 10.00. The molecule has 0 aliphatic carbocycles. The van der Waals surface area contributed by atoms with Crippen LogP contribution in [0.4, 0.5) is 0 Å². The van der Waals surface area contributed by atoms with Gasteiger partial charge in [0.05, 0.1) is 9.77 Å². The van der Waals surface area contributed by atoms with E-state index in [0.29, 0.717) is 4.88 Å². The summed E-state index contributed by atoms with van der Waals surface area (Å²) in [6, 6.07) is 11.6. The maximum absolute atomic E-state index is 12.6. The second kappa shape index (κ2) is 7.04. The molecule has 0 bridgehead atoms. The van der Waals surface area contributed by atoms with Gasteiger partial charge in [0.15, 0.2) is 0 Å². The first-order valence-corrected chi connectivity index (χ1v) is 10.2. The second-order valence-electron chi connectivity index (χ2n) is 5.90. The molecule has 1 fully saturated rings. The fourth-order valence-electron chi connectivity index (χ4n) is 2.78. The summed E-state index contributed by atoms with van der Waals surface area (Å²) in [5.41, 5.74) is 0. The minimum absolute atomic E-state index is 0.0718. The van der Waals surface area contributed by atoms with E-state index in [1.54, 1.807) is 36.4 Å². The molecule has 0 spiro atoms. The third-order valence-corrected chi connectivity index (χ3v) is 7.55. The highest BCUT2D eigenvalue weighted by Gasteiger charge is 2.25. The first-order chi connectivity index (χ1) is 11.5. The summed E-state index contributed by atoms with van der Waals surface area (Å²) in [6.45, 7) is 3.01. The van der Waals surface area contributed by atoms with Crippen molar-refractivity contribution in [2.24, 2.45) is 0 Å². The van der Waals surface area contributed by atoms with Gasteiger partial charge in [-0.15, -0.1) is 11.3 Å². The van der Waals surface area contributed by atoms with Gasteiger partial charge in [0.1, 0.15) is 4.21 Å². The van der Waals surface area contributed by atoms with Crippen LogP contribution in [0, 0.1) is 0 Å². The highest BCUT2D eigenvalue weighted by molar-refractivity contribution is 7.93. The number of amides is 1. The minimum atomic E-state index is -3.57. The number of carbonyl (C=O) groups is 1. The molecule has 1 saturated heterocycles. The fraction of sp³-hybridized carbons (Fsp3) is 0.353. The fourth-order valence-corrected chi connectivity index (χ4v) is 5.42. The summed E-state index contributed by atoms with van der Waals surface area (Å²) >= 11 is 1.01. The van der Waals surface area contributed by atoms with Crippen LogP contribution in [0.25, 0.3) is 0 Å². The van der Waals surface area contributed by atoms with Gasteiger partial charge in [-0.3, -0.25) is 4.79 Å². The molecule has 128 valence electrons. The van der Waals surface area contributed by atoms with E-state index in [2.05, 4.69) is 10.6 Å². The molecule has 0 saturated carbocycles. The predicted octanol–water partition coefficient (Wildman–Crippen LogP) is 2.45. The monoisotopic (exact) mass is 364 g/mol. The Balaban J connectivity index is 1.77. The Hall–Kier alpha value is -1.70. The maximum atomic E-state index is 12.6. The zero-order valence-electron chi connectivity index (χ0n) is 13.4. The van der Waals surface area contributed by atoms with E-state index in [9.17, 15) is 13.2 Å². The Labute approximate surface area is 146 Å². The van der Waals surface area contributed by atoms with Gasteiger partial charge in [0.2, 0.25) is 9.84 Å². The number of nitrogens with one attached hydrogen (secondary N) is 2. The molecule has 24 heavy (non-hydrogen) atoms. The summed E-state index contributed by atoms with van der Waals surface area (Å²) in [4.78, 5) is 13.1. The van der Waals surface area contributed by atoms with Crippen LogP contribution in [-0.2, 0) is 9.84 Å². The lowest BCUT2D eigenvalue weighted by molar-refractivity contribution is 0.0924. The van der Waals surface area contributed by atoms with E-state index in [0.717, 1.165) is 30.7 Å². The van der Waals surface area contributed by atoms with Gasteiger partial charge in [-0.25, -0.2) is 8.42 Å². The first kappa shape index (κ1) is 17.1. The molecule has 3 rings (SSSR count). The molecule has 2 N–H and O–H groups in total. The molecule has 2 atom stereocenters. The van der Waals surface area contributed by atoms with Crippen LogP contribution in [0.3, 0.4) is 0 Å². The highest BCUT2D eigenvalue weighted by atomic mass is 32.2. The summed E-state index contributed by atoms with van der Waals surface area (Å²) in [6.07, 6.45) is 1.95. The minimum Gasteiger partial charge on any atom is -0.347 e. The van der Waals surface area contributed by atoms with Gasteiger partial charge in [0.25, 0.3) is 5.91 Å². The lowest BCUT2D eigenvalue weighted by Crippen LogP contribution is -2.51. The Morgan fingerprint density at radius 1 is 1.21 bits per heavy atom. The van der Waals surface area contributed by atoms with Gasteiger partial charge < -0.3 is 10.6 Å². The maximum Gasteiger partial charge on any atom is 0.261 e. The molecule has 1 aliphatic rings. The van der Waals surface area contributed by atoms with E-state index < -0.39 is 9.84 Å². The van der Waals surface area contributed by atoms with Crippen LogP contribution < -0.4 is 10.6 Å². The third kappa shape index (κ3) is 3.53. The molecule has 1 aromatic heterocycles.